The molecule has 10 heteroatoms. The Hall–Kier alpha value is -1.52. The van der Waals surface area contributed by atoms with Crippen LogP contribution in [0.4, 0.5) is 0 Å². The Bertz CT molecular complexity index is 869. The molecule has 0 N–H and O–H groups in total. The first kappa shape index (κ1) is 20.5. The molecule has 1 heterocycles. The van der Waals surface area contributed by atoms with Crippen molar-refractivity contribution in [3.05, 3.63) is 36.1 Å². The topological polar surface area (TPSA) is 115 Å². The van der Waals surface area contributed by atoms with Crippen LogP contribution in [0.1, 0.15) is 16.1 Å². The molecule has 24 heavy (non-hydrogen) atoms. The SMILES string of the molecule is C=CCOC(=O)c1c(C)oc2cc(OC)c(OS(=O)(=O)[O-])cc12.[Na+]. The molecule has 0 radical (unpaired) electrons. The predicted molar refractivity (Wildman–Crippen MR) is 78.3 cm³/mol. The number of esters is 1. The van der Waals surface area contributed by atoms with Crippen molar-refractivity contribution in [2.75, 3.05) is 13.7 Å². The first-order valence-corrected chi connectivity index (χ1v) is 7.64. The van der Waals surface area contributed by atoms with E-state index in [0.29, 0.717) is 0 Å². The molecule has 124 valence electrons. The molecule has 0 bridgehead atoms. The largest absolute Gasteiger partial charge is 1.00 e. The smallest absolute Gasteiger partial charge is 0.716 e. The van der Waals surface area contributed by atoms with Gasteiger partial charge in [-0.05, 0) is 13.0 Å². The number of ether oxygens (including phenoxy) is 2. The summed E-state index contributed by atoms with van der Waals surface area (Å²) in [6.07, 6.45) is 1.40. The van der Waals surface area contributed by atoms with Crippen LogP contribution in [0.5, 0.6) is 11.5 Å². The van der Waals surface area contributed by atoms with Gasteiger partial charge in [-0.1, -0.05) is 12.7 Å². The van der Waals surface area contributed by atoms with Crippen LogP contribution >= 0.6 is 0 Å². The number of methoxy groups -OCH3 is 1. The van der Waals surface area contributed by atoms with E-state index >= 15 is 0 Å². The van der Waals surface area contributed by atoms with Crippen molar-refractivity contribution in [2.45, 2.75) is 6.92 Å². The van der Waals surface area contributed by atoms with Gasteiger partial charge in [0.1, 0.15) is 23.5 Å². The van der Waals surface area contributed by atoms with Gasteiger partial charge in [0.2, 0.25) is 0 Å². The van der Waals surface area contributed by atoms with E-state index in [1.165, 1.54) is 25.3 Å². The second-order valence-corrected chi connectivity index (χ2v) is 5.39. The van der Waals surface area contributed by atoms with Crippen LogP contribution in [0.2, 0.25) is 0 Å². The molecule has 0 spiro atoms. The number of carbonyl (C=O) groups is 1. The molecule has 2 aromatic rings. The molecule has 0 aliphatic rings. The van der Waals surface area contributed by atoms with E-state index in [9.17, 15) is 17.8 Å². The maximum absolute atomic E-state index is 12.1. The molecular weight excluding hydrogens is 351 g/mol. The first-order valence-electron chi connectivity index (χ1n) is 6.31. The summed E-state index contributed by atoms with van der Waals surface area (Å²) in [6.45, 7) is 4.98. The molecule has 0 saturated heterocycles. The van der Waals surface area contributed by atoms with Crippen LogP contribution in [0.25, 0.3) is 11.0 Å². The van der Waals surface area contributed by atoms with Crippen molar-refractivity contribution in [3.63, 3.8) is 0 Å². The number of hydrogen-bond donors (Lipinski definition) is 0. The monoisotopic (exact) mass is 364 g/mol. The molecule has 0 aliphatic carbocycles. The van der Waals surface area contributed by atoms with Crippen LogP contribution in [0.15, 0.2) is 29.2 Å². The molecule has 0 atom stereocenters. The van der Waals surface area contributed by atoms with Gasteiger partial charge in [0, 0.05) is 11.5 Å². The van der Waals surface area contributed by atoms with Gasteiger partial charge in [-0.3, -0.25) is 0 Å². The van der Waals surface area contributed by atoms with Crippen LogP contribution in [0, 0.1) is 6.92 Å². The fourth-order valence-electron chi connectivity index (χ4n) is 2.02. The third-order valence-electron chi connectivity index (χ3n) is 2.88. The molecule has 8 nitrogen and oxygen atoms in total. The average molecular weight is 364 g/mol. The Balaban J connectivity index is 0.00000288. The number of aryl methyl sites for hydroxylation is 1. The maximum Gasteiger partial charge on any atom is 1.00 e. The molecule has 0 saturated carbocycles. The molecule has 0 amide bonds. The van der Waals surface area contributed by atoms with Crippen molar-refractivity contribution >= 4 is 27.3 Å². The summed E-state index contributed by atoms with van der Waals surface area (Å²) in [5, 5.41) is 0.232. The van der Waals surface area contributed by atoms with E-state index in [-0.39, 0.29) is 70.0 Å². The van der Waals surface area contributed by atoms with Gasteiger partial charge >= 0.3 is 35.5 Å². The molecule has 0 unspecified atom stereocenters. The Morgan fingerprint density at radius 2 is 2.04 bits per heavy atom. The summed E-state index contributed by atoms with van der Waals surface area (Å²) in [5.41, 5.74) is 0.346. The summed E-state index contributed by atoms with van der Waals surface area (Å²) in [7, 11) is -3.74. The van der Waals surface area contributed by atoms with E-state index in [2.05, 4.69) is 10.8 Å². The van der Waals surface area contributed by atoms with Crippen molar-refractivity contribution < 1.29 is 65.4 Å². The van der Waals surface area contributed by atoms with Crippen LogP contribution in [0.3, 0.4) is 0 Å². The maximum atomic E-state index is 12.1. The van der Waals surface area contributed by atoms with E-state index in [1.54, 1.807) is 6.92 Å². The zero-order chi connectivity index (χ0) is 17.2. The zero-order valence-corrected chi connectivity index (χ0v) is 16.1. The standard InChI is InChI=1S/C14H14O8S.Na/c1-4-5-20-14(15)13-8(2)21-10-7-11(19-3)12(6-9(10)13)22-23(16,17)18;/h4,6-7H,1,5H2,2-3H3,(H,16,17,18);/q;+1/p-1. The fraction of sp³-hybridized carbons (Fsp3) is 0.214. The second kappa shape index (κ2) is 8.04. The van der Waals surface area contributed by atoms with Crippen molar-refractivity contribution in [3.8, 4) is 11.5 Å². The van der Waals surface area contributed by atoms with Gasteiger partial charge in [0.25, 0.3) is 10.4 Å². The molecule has 2 rings (SSSR count). The third-order valence-corrected chi connectivity index (χ3v) is 3.26. The Labute approximate surface area is 160 Å². The molecular formula is C14H13NaO8S. The molecule has 1 aromatic carbocycles. The Kier molecular flexibility index (Phi) is 6.87. The number of fused-ring (bicyclic) bond motifs is 1. The predicted octanol–water partition coefficient (Wildman–Crippen LogP) is -1.06. The summed E-state index contributed by atoms with van der Waals surface area (Å²) >= 11 is 0. The summed E-state index contributed by atoms with van der Waals surface area (Å²) in [4.78, 5) is 12.1. The van der Waals surface area contributed by atoms with Crippen LogP contribution < -0.4 is 38.5 Å². The van der Waals surface area contributed by atoms with Crippen molar-refractivity contribution in [1.29, 1.82) is 0 Å². The van der Waals surface area contributed by atoms with Crippen LogP contribution in [-0.4, -0.2) is 32.7 Å². The second-order valence-electron chi connectivity index (χ2n) is 4.41. The first-order chi connectivity index (χ1) is 10.8. The number of hydrogen-bond acceptors (Lipinski definition) is 8. The Morgan fingerprint density at radius 1 is 1.38 bits per heavy atom. The van der Waals surface area contributed by atoms with Gasteiger partial charge in [0.15, 0.2) is 11.5 Å². The average Bonchev–Trinajstić information content (AvgIpc) is 2.77. The minimum Gasteiger partial charge on any atom is -0.716 e. The van der Waals surface area contributed by atoms with Crippen LogP contribution in [-0.2, 0) is 15.1 Å². The molecule has 0 fully saturated rings. The van der Waals surface area contributed by atoms with Gasteiger partial charge in [-0.2, -0.15) is 0 Å². The van der Waals surface area contributed by atoms with Gasteiger partial charge in [0.05, 0.1) is 7.11 Å². The quantitative estimate of drug-likeness (QED) is 0.209. The normalized spacial score (nSPS) is 10.8. The minimum absolute atomic E-state index is 0. The number of rotatable bonds is 6. The number of benzene rings is 1. The van der Waals surface area contributed by atoms with Gasteiger partial charge in [-0.25, -0.2) is 13.2 Å². The van der Waals surface area contributed by atoms with Crippen molar-refractivity contribution in [1.82, 2.24) is 0 Å². The molecule has 1 aromatic heterocycles. The van der Waals surface area contributed by atoms with E-state index in [4.69, 9.17) is 13.9 Å². The van der Waals surface area contributed by atoms with Crippen molar-refractivity contribution in [2.24, 2.45) is 0 Å². The molecule has 0 aliphatic heterocycles. The summed E-state index contributed by atoms with van der Waals surface area (Å²) in [5.74, 6) is -0.800. The fourth-order valence-corrected chi connectivity index (χ4v) is 2.37. The van der Waals surface area contributed by atoms with E-state index in [1.807, 2.05) is 0 Å². The van der Waals surface area contributed by atoms with E-state index in [0.717, 1.165) is 0 Å². The number of furan rings is 1. The Morgan fingerprint density at radius 3 is 2.58 bits per heavy atom. The van der Waals surface area contributed by atoms with Gasteiger partial charge in [-0.15, -0.1) is 0 Å². The minimum atomic E-state index is -5.01. The number of carbonyl (C=O) groups excluding carboxylic acids is 1. The van der Waals surface area contributed by atoms with E-state index < -0.39 is 16.4 Å². The summed E-state index contributed by atoms with van der Waals surface area (Å²) in [6, 6.07) is 2.48. The van der Waals surface area contributed by atoms with Gasteiger partial charge < -0.3 is 22.6 Å². The third kappa shape index (κ3) is 4.52. The zero-order valence-electron chi connectivity index (χ0n) is 13.3. The summed E-state index contributed by atoms with van der Waals surface area (Å²) < 4.78 is 52.1.